The third-order valence-electron chi connectivity index (χ3n) is 4.29. The van der Waals surface area contributed by atoms with Crippen molar-refractivity contribution in [2.24, 2.45) is 0 Å². The van der Waals surface area contributed by atoms with Crippen LogP contribution in [0.1, 0.15) is 18.5 Å². The van der Waals surface area contributed by atoms with Crippen molar-refractivity contribution in [2.45, 2.75) is 19.8 Å². The van der Waals surface area contributed by atoms with Crippen LogP contribution in [0, 0.1) is 6.92 Å². The average molecular weight is 346 g/mol. The number of para-hydroxylation sites is 1. The Morgan fingerprint density at radius 2 is 1.77 bits per heavy atom. The second-order valence-electron chi connectivity index (χ2n) is 6.31. The standard InChI is InChI=1S/C20H22N6/c1-15-14-19-24-20(16-8-2-3-9-17(16)26(19)25-15)23-13-7-6-12-22-18-10-4-5-11-21-18/h2-5,8-11,14H,6-7,12-13H2,1H3,(H,21,22)(H,23,24). The Labute approximate surface area is 152 Å². The fraction of sp³-hybridized carbons (Fsp3) is 0.250. The van der Waals surface area contributed by atoms with Crippen LogP contribution in [0.2, 0.25) is 0 Å². The van der Waals surface area contributed by atoms with Gasteiger partial charge in [-0.25, -0.2) is 14.5 Å². The van der Waals surface area contributed by atoms with Crippen molar-refractivity contribution in [1.82, 2.24) is 19.6 Å². The minimum atomic E-state index is 0.875. The number of unbranched alkanes of at least 4 members (excludes halogenated alkanes) is 1. The molecule has 6 heteroatoms. The maximum absolute atomic E-state index is 4.75. The summed E-state index contributed by atoms with van der Waals surface area (Å²) in [5.41, 5.74) is 2.92. The molecule has 1 aromatic carbocycles. The summed E-state index contributed by atoms with van der Waals surface area (Å²) in [6.07, 6.45) is 3.92. The lowest BCUT2D eigenvalue weighted by Gasteiger charge is -2.10. The first kappa shape index (κ1) is 16.3. The summed E-state index contributed by atoms with van der Waals surface area (Å²) in [7, 11) is 0. The van der Waals surface area contributed by atoms with E-state index in [-0.39, 0.29) is 0 Å². The summed E-state index contributed by atoms with van der Waals surface area (Å²) in [5.74, 6) is 1.85. The van der Waals surface area contributed by atoms with Crippen LogP contribution in [-0.2, 0) is 0 Å². The number of fused-ring (bicyclic) bond motifs is 3. The minimum Gasteiger partial charge on any atom is -0.370 e. The van der Waals surface area contributed by atoms with Crippen LogP contribution in [0.5, 0.6) is 0 Å². The Morgan fingerprint density at radius 3 is 2.62 bits per heavy atom. The van der Waals surface area contributed by atoms with E-state index >= 15 is 0 Å². The first-order valence-electron chi connectivity index (χ1n) is 8.95. The van der Waals surface area contributed by atoms with Crippen molar-refractivity contribution in [2.75, 3.05) is 23.7 Å². The third kappa shape index (κ3) is 3.44. The van der Waals surface area contributed by atoms with Gasteiger partial charge >= 0.3 is 0 Å². The summed E-state index contributed by atoms with van der Waals surface area (Å²) < 4.78 is 1.91. The van der Waals surface area contributed by atoms with E-state index in [0.717, 1.165) is 59.8 Å². The second kappa shape index (κ2) is 7.39. The lowest BCUT2D eigenvalue weighted by atomic mass is 10.2. The molecule has 0 radical (unpaired) electrons. The van der Waals surface area contributed by atoms with E-state index in [0.29, 0.717) is 0 Å². The Bertz CT molecular complexity index is 1010. The van der Waals surface area contributed by atoms with Gasteiger partial charge in [-0.1, -0.05) is 18.2 Å². The summed E-state index contributed by atoms with van der Waals surface area (Å²) in [4.78, 5) is 9.02. The predicted octanol–water partition coefficient (Wildman–Crippen LogP) is 3.89. The Morgan fingerprint density at radius 1 is 0.962 bits per heavy atom. The topological polar surface area (TPSA) is 67.1 Å². The molecule has 0 aliphatic carbocycles. The van der Waals surface area contributed by atoms with Gasteiger partial charge in [0.05, 0.1) is 11.2 Å². The third-order valence-corrected chi connectivity index (χ3v) is 4.29. The molecule has 0 aliphatic heterocycles. The lowest BCUT2D eigenvalue weighted by Crippen LogP contribution is -2.09. The molecule has 2 N–H and O–H groups in total. The van der Waals surface area contributed by atoms with E-state index in [1.54, 1.807) is 6.20 Å². The summed E-state index contributed by atoms with van der Waals surface area (Å²) >= 11 is 0. The van der Waals surface area contributed by atoms with Crippen molar-refractivity contribution in [3.05, 3.63) is 60.4 Å². The van der Waals surface area contributed by atoms with Gasteiger partial charge in [-0.05, 0) is 44.0 Å². The van der Waals surface area contributed by atoms with Crippen LogP contribution in [0.3, 0.4) is 0 Å². The summed E-state index contributed by atoms with van der Waals surface area (Å²) in [6, 6.07) is 16.1. The number of pyridine rings is 1. The zero-order valence-corrected chi connectivity index (χ0v) is 14.8. The molecule has 0 spiro atoms. The lowest BCUT2D eigenvalue weighted by molar-refractivity contribution is 0.792. The molecule has 0 fully saturated rings. The van der Waals surface area contributed by atoms with Gasteiger partial charge in [-0.15, -0.1) is 0 Å². The Hall–Kier alpha value is -3.15. The molecular weight excluding hydrogens is 324 g/mol. The number of aryl methyl sites for hydroxylation is 1. The second-order valence-corrected chi connectivity index (χ2v) is 6.31. The molecule has 132 valence electrons. The normalized spacial score (nSPS) is 11.1. The number of rotatable bonds is 7. The molecule has 4 aromatic rings. The maximum Gasteiger partial charge on any atom is 0.158 e. The monoisotopic (exact) mass is 346 g/mol. The van der Waals surface area contributed by atoms with Gasteiger partial charge in [0, 0.05) is 30.7 Å². The molecule has 6 nitrogen and oxygen atoms in total. The van der Waals surface area contributed by atoms with Crippen LogP contribution in [0.15, 0.2) is 54.7 Å². The smallest absolute Gasteiger partial charge is 0.158 e. The van der Waals surface area contributed by atoms with E-state index in [2.05, 4.69) is 32.8 Å². The molecule has 26 heavy (non-hydrogen) atoms. The van der Waals surface area contributed by atoms with Crippen LogP contribution in [0.25, 0.3) is 16.6 Å². The first-order chi connectivity index (χ1) is 12.8. The fourth-order valence-corrected chi connectivity index (χ4v) is 3.05. The molecule has 0 aliphatic rings. The van der Waals surface area contributed by atoms with E-state index in [4.69, 9.17) is 4.98 Å². The van der Waals surface area contributed by atoms with Crippen LogP contribution >= 0.6 is 0 Å². The minimum absolute atomic E-state index is 0.875. The molecular formula is C20H22N6. The summed E-state index contributed by atoms with van der Waals surface area (Å²) in [6.45, 7) is 3.78. The number of hydrogen-bond acceptors (Lipinski definition) is 5. The van der Waals surface area contributed by atoms with Gasteiger partial charge in [0.15, 0.2) is 5.65 Å². The largest absolute Gasteiger partial charge is 0.370 e. The zero-order valence-electron chi connectivity index (χ0n) is 14.8. The highest BCUT2D eigenvalue weighted by molar-refractivity contribution is 5.91. The van der Waals surface area contributed by atoms with Crippen LogP contribution < -0.4 is 10.6 Å². The highest BCUT2D eigenvalue weighted by Gasteiger charge is 2.09. The van der Waals surface area contributed by atoms with Gasteiger partial charge in [-0.2, -0.15) is 5.10 Å². The van der Waals surface area contributed by atoms with E-state index in [1.165, 1.54) is 0 Å². The van der Waals surface area contributed by atoms with Gasteiger partial charge in [0.1, 0.15) is 11.6 Å². The van der Waals surface area contributed by atoms with E-state index in [1.807, 2.05) is 47.8 Å². The van der Waals surface area contributed by atoms with Crippen molar-refractivity contribution < 1.29 is 0 Å². The van der Waals surface area contributed by atoms with Crippen LogP contribution in [-0.4, -0.2) is 32.7 Å². The molecule has 3 aromatic heterocycles. The molecule has 4 rings (SSSR count). The number of benzene rings is 1. The first-order valence-corrected chi connectivity index (χ1v) is 8.95. The number of anilines is 2. The van der Waals surface area contributed by atoms with Crippen molar-refractivity contribution in [1.29, 1.82) is 0 Å². The molecule has 0 bridgehead atoms. The summed E-state index contributed by atoms with van der Waals surface area (Å²) in [5, 5.41) is 12.5. The van der Waals surface area contributed by atoms with E-state index < -0.39 is 0 Å². The Kier molecular flexibility index (Phi) is 4.64. The van der Waals surface area contributed by atoms with Gasteiger partial charge in [0.25, 0.3) is 0 Å². The maximum atomic E-state index is 4.75. The molecule has 0 atom stereocenters. The highest BCUT2D eigenvalue weighted by Crippen LogP contribution is 2.23. The van der Waals surface area contributed by atoms with Crippen molar-refractivity contribution in [3.63, 3.8) is 0 Å². The number of aromatic nitrogens is 4. The molecule has 0 unspecified atom stereocenters. The van der Waals surface area contributed by atoms with Crippen LogP contribution in [0.4, 0.5) is 11.6 Å². The number of nitrogens with zero attached hydrogens (tertiary/aromatic N) is 4. The molecule has 3 heterocycles. The van der Waals surface area contributed by atoms with Crippen molar-refractivity contribution in [3.8, 4) is 0 Å². The highest BCUT2D eigenvalue weighted by atomic mass is 15.3. The Balaban J connectivity index is 1.39. The predicted molar refractivity (Wildman–Crippen MR) is 106 cm³/mol. The molecule has 0 amide bonds. The van der Waals surface area contributed by atoms with Crippen molar-refractivity contribution >= 4 is 28.2 Å². The average Bonchev–Trinajstić information content (AvgIpc) is 3.05. The molecule has 0 saturated heterocycles. The van der Waals surface area contributed by atoms with Gasteiger partial charge in [0.2, 0.25) is 0 Å². The van der Waals surface area contributed by atoms with Gasteiger partial charge in [-0.3, -0.25) is 0 Å². The fourth-order valence-electron chi connectivity index (χ4n) is 3.05. The van der Waals surface area contributed by atoms with E-state index in [9.17, 15) is 0 Å². The van der Waals surface area contributed by atoms with Gasteiger partial charge < -0.3 is 10.6 Å². The molecule has 0 saturated carbocycles. The quantitative estimate of drug-likeness (QED) is 0.497. The number of nitrogens with one attached hydrogen (secondary N) is 2. The zero-order chi connectivity index (χ0) is 17.8. The SMILES string of the molecule is Cc1cc2nc(NCCCCNc3ccccn3)c3ccccc3n2n1. The number of hydrogen-bond donors (Lipinski definition) is 2.